The fraction of sp³-hybridized carbons (Fsp3) is 0.188. The molecule has 2 aromatic rings. The predicted molar refractivity (Wildman–Crippen MR) is 77.8 cm³/mol. The van der Waals surface area contributed by atoms with Gasteiger partial charge in [-0.25, -0.2) is 8.78 Å². The minimum atomic E-state index is -0.685. The first kappa shape index (κ1) is 15.0. The van der Waals surface area contributed by atoms with E-state index >= 15 is 0 Å². The fourth-order valence-corrected chi connectivity index (χ4v) is 1.96. The first-order chi connectivity index (χ1) is 10.0. The second kappa shape index (κ2) is 6.83. The molecule has 0 bridgehead atoms. The van der Waals surface area contributed by atoms with Crippen LogP contribution in [0.4, 0.5) is 14.5 Å². The van der Waals surface area contributed by atoms with Crippen LogP contribution in [0, 0.1) is 11.6 Å². The van der Waals surface area contributed by atoms with Gasteiger partial charge in [0, 0.05) is 11.8 Å². The molecule has 0 saturated carbocycles. The molecule has 0 aliphatic heterocycles. The number of benzene rings is 2. The summed E-state index contributed by atoms with van der Waals surface area (Å²) in [6.45, 7) is 1.81. The summed E-state index contributed by atoms with van der Waals surface area (Å²) in [5.74, 6) is -1.62. The van der Waals surface area contributed by atoms with Gasteiger partial charge in [0.2, 0.25) is 5.91 Å². The van der Waals surface area contributed by atoms with Crippen LogP contribution in [0.5, 0.6) is 0 Å². The molecule has 0 fully saturated rings. The molecule has 0 saturated heterocycles. The molecule has 5 heteroatoms. The first-order valence-electron chi connectivity index (χ1n) is 6.59. The molecule has 0 aromatic heterocycles. The predicted octanol–water partition coefficient (Wildman–Crippen LogP) is 3.25. The van der Waals surface area contributed by atoms with E-state index in [4.69, 9.17) is 0 Å². The Balaban J connectivity index is 1.87. The van der Waals surface area contributed by atoms with Gasteiger partial charge < -0.3 is 10.6 Å². The zero-order valence-electron chi connectivity index (χ0n) is 11.6. The molecular weight excluding hydrogens is 274 g/mol. The number of carbonyl (C=O) groups is 1. The van der Waals surface area contributed by atoms with E-state index in [0.29, 0.717) is 0 Å². The summed E-state index contributed by atoms with van der Waals surface area (Å²) < 4.78 is 26.0. The average molecular weight is 290 g/mol. The molecule has 0 unspecified atom stereocenters. The van der Waals surface area contributed by atoms with Crippen LogP contribution in [-0.2, 0) is 4.79 Å². The summed E-state index contributed by atoms with van der Waals surface area (Å²) in [4.78, 5) is 11.8. The molecule has 1 amide bonds. The normalized spacial score (nSPS) is 11.8. The van der Waals surface area contributed by atoms with Gasteiger partial charge in [-0.3, -0.25) is 4.79 Å². The third-order valence-electron chi connectivity index (χ3n) is 2.99. The van der Waals surface area contributed by atoms with Crippen LogP contribution in [0.25, 0.3) is 0 Å². The molecule has 0 aliphatic rings. The standard InChI is InChI=1S/C16H16F2N2O/c1-11(12-5-3-2-4-6-12)20-16(21)10-19-15-8-13(17)7-14(18)9-15/h2-9,11,19H,10H2,1H3,(H,20,21)/t11-/m1/s1. The number of carbonyl (C=O) groups excluding carboxylic acids is 1. The molecule has 0 aliphatic carbocycles. The number of halogens is 2. The molecule has 110 valence electrons. The molecule has 0 radical (unpaired) electrons. The molecular formula is C16H16F2N2O. The zero-order chi connectivity index (χ0) is 15.2. The quantitative estimate of drug-likeness (QED) is 0.887. The van der Waals surface area contributed by atoms with Gasteiger partial charge in [-0.15, -0.1) is 0 Å². The molecule has 0 heterocycles. The maximum absolute atomic E-state index is 13.0. The first-order valence-corrected chi connectivity index (χ1v) is 6.59. The molecule has 2 aromatic carbocycles. The van der Waals surface area contributed by atoms with Gasteiger partial charge >= 0.3 is 0 Å². The Hall–Kier alpha value is -2.43. The highest BCUT2D eigenvalue weighted by atomic mass is 19.1. The third kappa shape index (κ3) is 4.56. The van der Waals surface area contributed by atoms with Crippen LogP contribution in [0.1, 0.15) is 18.5 Å². The van der Waals surface area contributed by atoms with E-state index in [2.05, 4.69) is 10.6 Å². The Morgan fingerprint density at radius 2 is 1.71 bits per heavy atom. The summed E-state index contributed by atoms with van der Waals surface area (Å²) >= 11 is 0. The summed E-state index contributed by atoms with van der Waals surface area (Å²) in [5.41, 5.74) is 1.22. The largest absolute Gasteiger partial charge is 0.376 e. The summed E-state index contributed by atoms with van der Waals surface area (Å²) in [7, 11) is 0. The van der Waals surface area contributed by atoms with Crippen molar-refractivity contribution in [2.45, 2.75) is 13.0 Å². The SMILES string of the molecule is C[C@@H](NC(=O)CNc1cc(F)cc(F)c1)c1ccccc1. The van der Waals surface area contributed by atoms with Gasteiger partial charge in [0.05, 0.1) is 12.6 Å². The second-order valence-corrected chi connectivity index (χ2v) is 4.71. The summed E-state index contributed by atoms with van der Waals surface area (Å²) in [5, 5.41) is 5.50. The minimum absolute atomic E-state index is 0.0555. The van der Waals surface area contributed by atoms with Crippen molar-refractivity contribution >= 4 is 11.6 Å². The van der Waals surface area contributed by atoms with Crippen LogP contribution in [0.15, 0.2) is 48.5 Å². The molecule has 0 spiro atoms. The van der Waals surface area contributed by atoms with Crippen molar-refractivity contribution in [3.63, 3.8) is 0 Å². The summed E-state index contributed by atoms with van der Waals surface area (Å²) in [6, 6.07) is 12.4. The van der Waals surface area contributed by atoms with Crippen molar-refractivity contribution in [1.82, 2.24) is 5.32 Å². The van der Waals surface area contributed by atoms with Gasteiger partial charge in [-0.1, -0.05) is 30.3 Å². The number of rotatable bonds is 5. The lowest BCUT2D eigenvalue weighted by Gasteiger charge is -2.15. The van der Waals surface area contributed by atoms with Crippen LogP contribution in [-0.4, -0.2) is 12.5 Å². The van der Waals surface area contributed by atoms with Crippen molar-refractivity contribution in [2.24, 2.45) is 0 Å². The van der Waals surface area contributed by atoms with Crippen molar-refractivity contribution < 1.29 is 13.6 Å². The van der Waals surface area contributed by atoms with E-state index in [9.17, 15) is 13.6 Å². The highest BCUT2D eigenvalue weighted by Crippen LogP contribution is 2.13. The third-order valence-corrected chi connectivity index (χ3v) is 2.99. The molecule has 1 atom stereocenters. The molecule has 21 heavy (non-hydrogen) atoms. The highest BCUT2D eigenvalue weighted by Gasteiger charge is 2.09. The molecule has 2 rings (SSSR count). The van der Waals surface area contributed by atoms with Crippen LogP contribution >= 0.6 is 0 Å². The van der Waals surface area contributed by atoms with Gasteiger partial charge in [-0.2, -0.15) is 0 Å². The van der Waals surface area contributed by atoms with Crippen molar-refractivity contribution in [1.29, 1.82) is 0 Å². The minimum Gasteiger partial charge on any atom is -0.376 e. The van der Waals surface area contributed by atoms with Gasteiger partial charge in [0.25, 0.3) is 0 Å². The van der Waals surface area contributed by atoms with Crippen LogP contribution in [0.3, 0.4) is 0 Å². The Morgan fingerprint density at radius 3 is 2.33 bits per heavy atom. The Bertz CT molecular complexity index is 597. The van der Waals surface area contributed by atoms with Crippen molar-refractivity contribution in [2.75, 3.05) is 11.9 Å². The van der Waals surface area contributed by atoms with Gasteiger partial charge in [-0.05, 0) is 24.6 Å². The number of hydrogen-bond acceptors (Lipinski definition) is 2. The van der Waals surface area contributed by atoms with E-state index in [0.717, 1.165) is 23.8 Å². The Labute approximate surface area is 122 Å². The van der Waals surface area contributed by atoms with Crippen LogP contribution in [0.2, 0.25) is 0 Å². The van der Waals surface area contributed by atoms with E-state index in [1.54, 1.807) is 0 Å². The smallest absolute Gasteiger partial charge is 0.239 e. The van der Waals surface area contributed by atoms with Crippen LogP contribution < -0.4 is 10.6 Å². The lowest BCUT2D eigenvalue weighted by Crippen LogP contribution is -2.32. The second-order valence-electron chi connectivity index (χ2n) is 4.71. The number of anilines is 1. The van der Waals surface area contributed by atoms with Crippen molar-refractivity contribution in [3.8, 4) is 0 Å². The van der Waals surface area contributed by atoms with Crippen molar-refractivity contribution in [3.05, 3.63) is 65.7 Å². The number of hydrogen-bond donors (Lipinski definition) is 2. The lowest BCUT2D eigenvalue weighted by atomic mass is 10.1. The van der Waals surface area contributed by atoms with E-state index in [1.165, 1.54) is 0 Å². The molecule has 2 N–H and O–H groups in total. The maximum atomic E-state index is 13.0. The topological polar surface area (TPSA) is 41.1 Å². The van der Waals surface area contributed by atoms with E-state index in [1.807, 2.05) is 37.3 Å². The van der Waals surface area contributed by atoms with Gasteiger partial charge in [0.1, 0.15) is 11.6 Å². The zero-order valence-corrected chi connectivity index (χ0v) is 11.6. The van der Waals surface area contributed by atoms with Gasteiger partial charge in [0.15, 0.2) is 0 Å². The van der Waals surface area contributed by atoms with E-state index < -0.39 is 11.6 Å². The van der Waals surface area contributed by atoms with E-state index in [-0.39, 0.29) is 24.2 Å². The maximum Gasteiger partial charge on any atom is 0.239 e. The Kier molecular flexibility index (Phi) is 4.87. The highest BCUT2D eigenvalue weighted by molar-refractivity contribution is 5.81. The number of amides is 1. The average Bonchev–Trinajstić information content (AvgIpc) is 2.45. The summed E-state index contributed by atoms with van der Waals surface area (Å²) in [6.07, 6.45) is 0. The fourth-order valence-electron chi connectivity index (χ4n) is 1.96. The lowest BCUT2D eigenvalue weighted by molar-refractivity contribution is -0.120. The monoisotopic (exact) mass is 290 g/mol. The Morgan fingerprint density at radius 1 is 1.10 bits per heavy atom. The number of nitrogens with one attached hydrogen (secondary N) is 2. The molecule has 3 nitrogen and oxygen atoms in total.